The van der Waals surface area contributed by atoms with E-state index in [1.807, 2.05) is 36.1 Å². The lowest BCUT2D eigenvalue weighted by molar-refractivity contribution is 0.0672. The van der Waals surface area contributed by atoms with Gasteiger partial charge in [0.25, 0.3) is 5.91 Å². The number of hydrogen-bond acceptors (Lipinski definition) is 5. The smallest absolute Gasteiger partial charge is 0.276 e. The number of hydrogen-bond donors (Lipinski definition) is 0. The van der Waals surface area contributed by atoms with Gasteiger partial charge in [0, 0.05) is 11.4 Å². The molecule has 1 atom stereocenters. The lowest BCUT2D eigenvalue weighted by Crippen LogP contribution is -2.38. The largest absolute Gasteiger partial charge is 0.497 e. The van der Waals surface area contributed by atoms with Crippen LogP contribution in [0.2, 0.25) is 0 Å². The first-order chi connectivity index (χ1) is 12.6. The summed E-state index contributed by atoms with van der Waals surface area (Å²) in [5, 5.41) is 10.5. The maximum Gasteiger partial charge on any atom is 0.276 e. The number of ether oxygens (including phenoxy) is 1. The molecule has 0 fully saturated rings. The lowest BCUT2D eigenvalue weighted by atomic mass is 10.0. The fourth-order valence-electron chi connectivity index (χ4n) is 3.42. The summed E-state index contributed by atoms with van der Waals surface area (Å²) < 4.78 is 6.88. The zero-order chi connectivity index (χ0) is 18.3. The molecular formula is C19H20N4O2S. The number of methoxy groups -OCH3 is 1. The summed E-state index contributed by atoms with van der Waals surface area (Å²) in [6, 6.07) is 9.70. The van der Waals surface area contributed by atoms with Gasteiger partial charge in [-0.05, 0) is 61.5 Å². The Morgan fingerprint density at radius 2 is 2.04 bits per heavy atom. The highest BCUT2D eigenvalue weighted by atomic mass is 32.1. The molecule has 1 aliphatic rings. The van der Waals surface area contributed by atoms with Gasteiger partial charge in [-0.25, -0.2) is 4.68 Å². The number of amides is 1. The average molecular weight is 368 g/mol. The highest BCUT2D eigenvalue weighted by molar-refractivity contribution is 7.10. The van der Waals surface area contributed by atoms with E-state index in [4.69, 9.17) is 4.74 Å². The number of rotatable bonds is 3. The van der Waals surface area contributed by atoms with Gasteiger partial charge in [-0.15, -0.1) is 16.4 Å². The van der Waals surface area contributed by atoms with Crippen LogP contribution in [0.3, 0.4) is 0 Å². The summed E-state index contributed by atoms with van der Waals surface area (Å²) in [5.41, 5.74) is 3.24. The zero-order valence-corrected chi connectivity index (χ0v) is 15.8. The van der Waals surface area contributed by atoms with Crippen molar-refractivity contribution >= 4 is 17.2 Å². The third-order valence-electron chi connectivity index (χ3n) is 4.95. The molecule has 4 rings (SSSR count). The molecule has 7 heteroatoms. The van der Waals surface area contributed by atoms with Crippen molar-refractivity contribution in [2.75, 3.05) is 13.7 Å². The van der Waals surface area contributed by atoms with E-state index in [0.29, 0.717) is 12.2 Å². The first-order valence-electron chi connectivity index (χ1n) is 8.54. The van der Waals surface area contributed by atoms with Crippen molar-refractivity contribution in [3.05, 3.63) is 57.5 Å². The van der Waals surface area contributed by atoms with E-state index in [1.54, 1.807) is 23.1 Å². The summed E-state index contributed by atoms with van der Waals surface area (Å²) in [6.45, 7) is 4.66. The minimum atomic E-state index is -0.0633. The second-order valence-electron chi connectivity index (χ2n) is 6.36. The van der Waals surface area contributed by atoms with Gasteiger partial charge in [-0.3, -0.25) is 4.79 Å². The van der Waals surface area contributed by atoms with Crippen LogP contribution >= 0.6 is 11.3 Å². The van der Waals surface area contributed by atoms with Crippen LogP contribution in [0.15, 0.2) is 35.7 Å². The first kappa shape index (κ1) is 16.8. The van der Waals surface area contributed by atoms with Crippen LogP contribution in [0.5, 0.6) is 5.75 Å². The lowest BCUT2D eigenvalue weighted by Gasteiger charge is -2.33. The number of thiophene rings is 1. The summed E-state index contributed by atoms with van der Waals surface area (Å²) in [6.07, 6.45) is 0.898. The summed E-state index contributed by atoms with van der Waals surface area (Å²) in [4.78, 5) is 16.4. The second-order valence-corrected chi connectivity index (χ2v) is 7.36. The maximum atomic E-state index is 13.1. The molecule has 134 valence electrons. The topological polar surface area (TPSA) is 60.2 Å². The Bertz CT molecular complexity index is 945. The van der Waals surface area contributed by atoms with E-state index in [1.165, 1.54) is 10.4 Å². The van der Waals surface area contributed by atoms with Crippen LogP contribution < -0.4 is 4.74 Å². The van der Waals surface area contributed by atoms with E-state index in [0.717, 1.165) is 23.6 Å². The molecule has 3 heterocycles. The van der Waals surface area contributed by atoms with Crippen LogP contribution in [-0.4, -0.2) is 39.5 Å². The molecule has 26 heavy (non-hydrogen) atoms. The van der Waals surface area contributed by atoms with Crippen molar-refractivity contribution in [1.82, 2.24) is 19.9 Å². The van der Waals surface area contributed by atoms with Crippen LogP contribution in [0, 0.1) is 6.92 Å². The quantitative estimate of drug-likeness (QED) is 0.711. The van der Waals surface area contributed by atoms with E-state index in [2.05, 4.69) is 28.7 Å². The summed E-state index contributed by atoms with van der Waals surface area (Å²) in [7, 11) is 1.63. The minimum Gasteiger partial charge on any atom is -0.497 e. The summed E-state index contributed by atoms with van der Waals surface area (Å²) in [5.74, 6) is 0.711. The molecule has 2 aromatic heterocycles. The van der Waals surface area contributed by atoms with Crippen LogP contribution in [0.4, 0.5) is 0 Å². The van der Waals surface area contributed by atoms with Crippen molar-refractivity contribution in [3.63, 3.8) is 0 Å². The first-order valence-corrected chi connectivity index (χ1v) is 9.42. The number of nitrogens with zero attached hydrogens (tertiary/aromatic N) is 4. The van der Waals surface area contributed by atoms with Gasteiger partial charge in [0.2, 0.25) is 0 Å². The predicted octanol–water partition coefficient (Wildman–Crippen LogP) is 3.41. The Hall–Kier alpha value is -2.67. The van der Waals surface area contributed by atoms with Crippen molar-refractivity contribution < 1.29 is 9.53 Å². The molecule has 1 amide bonds. The molecule has 0 saturated carbocycles. The second kappa shape index (κ2) is 6.57. The Morgan fingerprint density at radius 3 is 2.77 bits per heavy atom. The van der Waals surface area contributed by atoms with Crippen LogP contribution in [0.25, 0.3) is 5.69 Å². The maximum absolute atomic E-state index is 13.1. The fourth-order valence-corrected chi connectivity index (χ4v) is 4.38. The van der Waals surface area contributed by atoms with Gasteiger partial charge in [0.05, 0.1) is 24.5 Å². The van der Waals surface area contributed by atoms with Crippen molar-refractivity contribution in [2.45, 2.75) is 26.3 Å². The Kier molecular flexibility index (Phi) is 4.24. The molecule has 0 N–H and O–H groups in total. The predicted molar refractivity (Wildman–Crippen MR) is 100 cm³/mol. The van der Waals surface area contributed by atoms with Crippen LogP contribution in [-0.2, 0) is 6.42 Å². The van der Waals surface area contributed by atoms with Gasteiger partial charge in [-0.2, -0.15) is 0 Å². The molecule has 6 nitrogen and oxygen atoms in total. The third kappa shape index (κ3) is 2.68. The molecule has 1 aromatic carbocycles. The van der Waals surface area contributed by atoms with Gasteiger partial charge in [0.1, 0.15) is 5.75 Å². The van der Waals surface area contributed by atoms with Gasteiger partial charge < -0.3 is 9.64 Å². The SMILES string of the molecule is COc1ccc(-n2nnc(C(=O)N3CCc4sccc4C3C)c2C)cc1. The van der Waals surface area contributed by atoms with Gasteiger partial charge >= 0.3 is 0 Å². The number of aromatic nitrogens is 3. The molecule has 1 unspecified atom stereocenters. The standard InChI is InChI=1S/C19H20N4O2S/c1-12-16-9-11-26-17(16)8-10-22(12)19(24)18-13(2)23(21-20-18)14-4-6-15(25-3)7-5-14/h4-7,9,11-12H,8,10H2,1-3H3. The van der Waals surface area contributed by atoms with Gasteiger partial charge in [-0.1, -0.05) is 5.21 Å². The molecule has 0 bridgehead atoms. The van der Waals surface area contributed by atoms with E-state index in [9.17, 15) is 4.79 Å². The molecule has 0 radical (unpaired) electrons. The van der Waals surface area contributed by atoms with Crippen LogP contribution in [0.1, 0.15) is 39.6 Å². The highest BCUT2D eigenvalue weighted by Gasteiger charge is 2.31. The van der Waals surface area contributed by atoms with Crippen molar-refractivity contribution in [3.8, 4) is 11.4 Å². The van der Waals surface area contributed by atoms with E-state index in [-0.39, 0.29) is 11.9 Å². The Balaban J connectivity index is 1.62. The number of carbonyl (C=O) groups excluding carboxylic acids is 1. The fraction of sp³-hybridized carbons (Fsp3) is 0.316. The third-order valence-corrected chi connectivity index (χ3v) is 5.95. The number of carbonyl (C=O) groups is 1. The molecule has 1 aliphatic heterocycles. The molecular weight excluding hydrogens is 348 g/mol. The van der Waals surface area contributed by atoms with Gasteiger partial charge in [0.15, 0.2) is 5.69 Å². The minimum absolute atomic E-state index is 0.0584. The Labute approximate surface area is 156 Å². The van der Waals surface area contributed by atoms with Crippen molar-refractivity contribution in [2.24, 2.45) is 0 Å². The average Bonchev–Trinajstić information content (AvgIpc) is 3.29. The monoisotopic (exact) mass is 368 g/mol. The summed E-state index contributed by atoms with van der Waals surface area (Å²) >= 11 is 1.77. The highest BCUT2D eigenvalue weighted by Crippen LogP contribution is 2.33. The molecule has 0 spiro atoms. The van der Waals surface area contributed by atoms with E-state index < -0.39 is 0 Å². The molecule has 0 saturated heterocycles. The number of fused-ring (bicyclic) bond motifs is 1. The van der Waals surface area contributed by atoms with Crippen molar-refractivity contribution in [1.29, 1.82) is 0 Å². The Morgan fingerprint density at radius 1 is 1.27 bits per heavy atom. The number of benzene rings is 1. The normalized spacial score (nSPS) is 16.4. The molecule has 0 aliphatic carbocycles. The van der Waals surface area contributed by atoms with E-state index >= 15 is 0 Å². The molecule has 3 aromatic rings. The zero-order valence-electron chi connectivity index (χ0n) is 15.0.